The molecule has 20 heavy (non-hydrogen) atoms. The molecule has 0 fully saturated rings. The number of carbonyl (C=O) groups is 1. The number of thiophene rings is 1. The molecule has 0 spiro atoms. The zero-order chi connectivity index (χ0) is 14.7. The standard InChI is InChI=1S/C11H12Cl2N4O2S/c1-2-6(3-9(18)19)5-17-11(14-15-16-17)7-4-8(12)20-10(7)13/h4,6H,2-3,5H2,1H3,(H,18,19). The van der Waals surface area contributed by atoms with Gasteiger partial charge < -0.3 is 5.11 Å². The Balaban J connectivity index is 2.24. The lowest BCUT2D eigenvalue weighted by molar-refractivity contribution is -0.138. The third-order valence-electron chi connectivity index (χ3n) is 2.90. The van der Waals surface area contributed by atoms with Crippen LogP contribution in [0.15, 0.2) is 6.07 Å². The van der Waals surface area contributed by atoms with Crippen molar-refractivity contribution < 1.29 is 9.90 Å². The van der Waals surface area contributed by atoms with Gasteiger partial charge in [0.25, 0.3) is 0 Å². The van der Waals surface area contributed by atoms with Gasteiger partial charge >= 0.3 is 5.97 Å². The van der Waals surface area contributed by atoms with Gasteiger partial charge in [0.05, 0.1) is 9.90 Å². The Hall–Kier alpha value is -1.18. The van der Waals surface area contributed by atoms with Crippen LogP contribution in [0.2, 0.25) is 8.67 Å². The highest BCUT2D eigenvalue weighted by atomic mass is 35.5. The predicted molar refractivity (Wildman–Crippen MR) is 77.2 cm³/mol. The summed E-state index contributed by atoms with van der Waals surface area (Å²) in [7, 11) is 0. The number of hydrogen-bond acceptors (Lipinski definition) is 5. The molecule has 0 aliphatic heterocycles. The molecule has 0 aromatic carbocycles. The fourth-order valence-electron chi connectivity index (χ4n) is 1.84. The molecule has 1 atom stereocenters. The summed E-state index contributed by atoms with van der Waals surface area (Å²) >= 11 is 13.2. The van der Waals surface area contributed by atoms with Crippen molar-refractivity contribution in [3.05, 3.63) is 14.7 Å². The topological polar surface area (TPSA) is 80.9 Å². The molecule has 1 unspecified atom stereocenters. The van der Waals surface area contributed by atoms with E-state index >= 15 is 0 Å². The lowest BCUT2D eigenvalue weighted by atomic mass is 10.0. The average molecular weight is 335 g/mol. The van der Waals surface area contributed by atoms with Crippen molar-refractivity contribution in [2.24, 2.45) is 5.92 Å². The van der Waals surface area contributed by atoms with Gasteiger partial charge in [-0.05, 0) is 22.4 Å². The lowest BCUT2D eigenvalue weighted by Crippen LogP contribution is -2.16. The van der Waals surface area contributed by atoms with Crippen molar-refractivity contribution >= 4 is 40.5 Å². The number of rotatable bonds is 6. The van der Waals surface area contributed by atoms with Crippen molar-refractivity contribution in [1.29, 1.82) is 0 Å². The van der Waals surface area contributed by atoms with E-state index in [1.807, 2.05) is 6.92 Å². The van der Waals surface area contributed by atoms with E-state index in [1.165, 1.54) is 11.3 Å². The largest absolute Gasteiger partial charge is 0.481 e. The second-order valence-corrected chi connectivity index (χ2v) is 6.58. The smallest absolute Gasteiger partial charge is 0.303 e. The summed E-state index contributed by atoms with van der Waals surface area (Å²) in [6.45, 7) is 2.36. The average Bonchev–Trinajstić information content (AvgIpc) is 2.94. The monoisotopic (exact) mass is 334 g/mol. The second kappa shape index (κ2) is 6.51. The van der Waals surface area contributed by atoms with E-state index in [0.29, 0.717) is 26.6 Å². The maximum absolute atomic E-state index is 10.8. The van der Waals surface area contributed by atoms with Gasteiger partial charge in [0, 0.05) is 13.0 Å². The molecule has 0 aliphatic carbocycles. The SMILES string of the molecule is CCC(CC(=O)O)Cn1nnnc1-c1cc(Cl)sc1Cl. The quantitative estimate of drug-likeness (QED) is 0.877. The Labute approximate surface area is 129 Å². The molecule has 0 aliphatic rings. The summed E-state index contributed by atoms with van der Waals surface area (Å²) in [4.78, 5) is 10.8. The van der Waals surface area contributed by atoms with Crippen LogP contribution < -0.4 is 0 Å². The lowest BCUT2D eigenvalue weighted by Gasteiger charge is -2.12. The van der Waals surface area contributed by atoms with Crippen LogP contribution in [0.25, 0.3) is 11.4 Å². The van der Waals surface area contributed by atoms with Crippen molar-refractivity contribution in [1.82, 2.24) is 20.2 Å². The number of aliphatic carboxylic acids is 1. The fourth-order valence-corrected chi connectivity index (χ4v) is 3.30. The van der Waals surface area contributed by atoms with Crippen LogP contribution in [0, 0.1) is 5.92 Å². The number of nitrogens with zero attached hydrogens (tertiary/aromatic N) is 4. The fraction of sp³-hybridized carbons (Fsp3) is 0.455. The highest BCUT2D eigenvalue weighted by Crippen LogP contribution is 2.37. The normalized spacial score (nSPS) is 12.6. The Bertz CT molecular complexity index is 613. The van der Waals surface area contributed by atoms with Gasteiger partial charge in [0.15, 0.2) is 5.82 Å². The molecular weight excluding hydrogens is 323 g/mol. The van der Waals surface area contributed by atoms with Crippen LogP contribution in [-0.4, -0.2) is 31.3 Å². The van der Waals surface area contributed by atoms with E-state index in [0.717, 1.165) is 6.42 Å². The minimum Gasteiger partial charge on any atom is -0.481 e. The van der Waals surface area contributed by atoms with Crippen molar-refractivity contribution in [2.75, 3.05) is 0 Å². The van der Waals surface area contributed by atoms with Crippen LogP contribution in [0.1, 0.15) is 19.8 Å². The highest BCUT2D eigenvalue weighted by molar-refractivity contribution is 7.20. The summed E-state index contributed by atoms with van der Waals surface area (Å²) in [5.74, 6) is -0.368. The predicted octanol–water partition coefficient (Wildman–Crippen LogP) is 3.21. The molecule has 0 amide bonds. The number of halogens is 2. The van der Waals surface area contributed by atoms with Gasteiger partial charge in [0.1, 0.15) is 4.34 Å². The number of aromatic nitrogens is 4. The minimum atomic E-state index is -0.830. The van der Waals surface area contributed by atoms with Crippen molar-refractivity contribution in [3.63, 3.8) is 0 Å². The molecule has 2 heterocycles. The first-order valence-corrected chi connectivity index (χ1v) is 7.51. The van der Waals surface area contributed by atoms with Crippen molar-refractivity contribution in [3.8, 4) is 11.4 Å². The summed E-state index contributed by atoms with van der Waals surface area (Å²) in [5, 5.41) is 20.4. The van der Waals surface area contributed by atoms with Gasteiger partial charge in [-0.3, -0.25) is 4.79 Å². The molecule has 0 bridgehead atoms. The molecule has 9 heteroatoms. The van der Waals surface area contributed by atoms with E-state index in [-0.39, 0.29) is 12.3 Å². The van der Waals surface area contributed by atoms with E-state index in [4.69, 9.17) is 28.3 Å². The summed E-state index contributed by atoms with van der Waals surface area (Å²) in [6, 6.07) is 1.70. The Morgan fingerprint density at radius 3 is 2.85 bits per heavy atom. The van der Waals surface area contributed by atoms with E-state index in [2.05, 4.69) is 15.5 Å². The minimum absolute atomic E-state index is 0.0392. The van der Waals surface area contributed by atoms with Crippen molar-refractivity contribution in [2.45, 2.75) is 26.3 Å². The summed E-state index contributed by atoms with van der Waals surface area (Å²) in [5.41, 5.74) is 0.664. The molecule has 2 rings (SSSR count). The van der Waals surface area contributed by atoms with Crippen LogP contribution in [0.4, 0.5) is 0 Å². The molecular formula is C11H12Cl2N4O2S. The van der Waals surface area contributed by atoms with Gasteiger partial charge in [0.2, 0.25) is 0 Å². The van der Waals surface area contributed by atoms with E-state index in [1.54, 1.807) is 10.7 Å². The number of carboxylic acids is 1. The van der Waals surface area contributed by atoms with Crippen LogP contribution in [0.3, 0.4) is 0 Å². The molecule has 2 aromatic heterocycles. The molecule has 6 nitrogen and oxygen atoms in total. The summed E-state index contributed by atoms with van der Waals surface area (Å²) in [6.07, 6.45) is 0.803. The first-order chi connectivity index (χ1) is 9.51. The molecule has 1 N–H and O–H groups in total. The highest BCUT2D eigenvalue weighted by Gasteiger charge is 2.19. The Morgan fingerprint density at radius 2 is 2.30 bits per heavy atom. The van der Waals surface area contributed by atoms with Crippen LogP contribution in [0.5, 0.6) is 0 Å². The maximum Gasteiger partial charge on any atom is 0.303 e. The van der Waals surface area contributed by atoms with E-state index in [9.17, 15) is 4.79 Å². The number of hydrogen-bond donors (Lipinski definition) is 1. The maximum atomic E-state index is 10.8. The zero-order valence-corrected chi connectivity index (χ0v) is 12.9. The van der Waals surface area contributed by atoms with Crippen LogP contribution in [-0.2, 0) is 11.3 Å². The second-order valence-electron chi connectivity index (χ2n) is 4.29. The molecule has 0 saturated heterocycles. The van der Waals surface area contributed by atoms with Gasteiger partial charge in [-0.1, -0.05) is 36.5 Å². The molecule has 0 saturated carbocycles. The molecule has 2 aromatic rings. The van der Waals surface area contributed by atoms with Gasteiger partial charge in [-0.25, -0.2) is 4.68 Å². The first-order valence-electron chi connectivity index (χ1n) is 5.94. The third kappa shape index (κ3) is 3.47. The number of tetrazole rings is 1. The Kier molecular flexibility index (Phi) is 4.95. The molecule has 108 valence electrons. The van der Waals surface area contributed by atoms with E-state index < -0.39 is 5.97 Å². The van der Waals surface area contributed by atoms with Crippen LogP contribution >= 0.6 is 34.5 Å². The van der Waals surface area contributed by atoms with Gasteiger partial charge in [-0.2, -0.15) is 0 Å². The van der Waals surface area contributed by atoms with Gasteiger partial charge in [-0.15, -0.1) is 16.4 Å². The molecule has 0 radical (unpaired) electrons. The summed E-state index contributed by atoms with van der Waals surface area (Å²) < 4.78 is 2.64. The first kappa shape index (κ1) is 15.2. The Morgan fingerprint density at radius 1 is 1.55 bits per heavy atom. The number of carboxylic acid groups (broad SMARTS) is 1. The zero-order valence-electron chi connectivity index (χ0n) is 10.6. The third-order valence-corrected chi connectivity index (χ3v) is 4.39.